The molecule has 3 aromatic rings. The molecule has 174 valence electrons. The normalized spacial score (nSPS) is 13.6. The number of carbonyl (C=O) groups is 2. The zero-order valence-corrected chi connectivity index (χ0v) is 20.4. The maximum absolute atomic E-state index is 13.8. The number of nitrogens with one attached hydrogen (secondary N) is 1. The van der Waals surface area contributed by atoms with Crippen LogP contribution in [0.4, 0.5) is 11.4 Å². The summed E-state index contributed by atoms with van der Waals surface area (Å²) in [5, 5.41) is 3.30. The first kappa shape index (κ1) is 23.3. The van der Waals surface area contributed by atoms with Crippen molar-refractivity contribution in [2.45, 2.75) is 41.0 Å². The van der Waals surface area contributed by atoms with Crippen molar-refractivity contribution in [2.24, 2.45) is 0 Å². The number of hydrogen-bond acceptors (Lipinski definition) is 4. The molecule has 0 saturated carbocycles. The maximum atomic E-state index is 13.8. The summed E-state index contributed by atoms with van der Waals surface area (Å²) in [6, 6.07) is 18.9. The van der Waals surface area contributed by atoms with E-state index in [4.69, 9.17) is 4.74 Å². The Labute approximate surface area is 201 Å². The van der Waals surface area contributed by atoms with Gasteiger partial charge >= 0.3 is 0 Å². The molecule has 0 bridgehead atoms. The molecule has 1 heterocycles. The van der Waals surface area contributed by atoms with Crippen LogP contribution in [0.25, 0.3) is 5.57 Å². The number of aryl methyl sites for hydroxylation is 3. The minimum atomic E-state index is -0.397. The van der Waals surface area contributed by atoms with Gasteiger partial charge in [0.2, 0.25) is 0 Å². The average Bonchev–Trinajstić information content (AvgIpc) is 3.06. The summed E-state index contributed by atoms with van der Waals surface area (Å²) < 4.78 is 5.87. The first-order chi connectivity index (χ1) is 16.3. The van der Waals surface area contributed by atoms with E-state index < -0.39 is 5.91 Å². The van der Waals surface area contributed by atoms with Gasteiger partial charge in [-0.2, -0.15) is 0 Å². The summed E-state index contributed by atoms with van der Waals surface area (Å²) in [6.45, 7) is 10.6. The molecule has 1 aliphatic heterocycles. The van der Waals surface area contributed by atoms with E-state index in [1.54, 1.807) is 18.2 Å². The molecular formula is C29H30N2O3. The van der Waals surface area contributed by atoms with Gasteiger partial charge in [0.15, 0.2) is 0 Å². The third kappa shape index (κ3) is 4.21. The summed E-state index contributed by atoms with van der Waals surface area (Å²) in [5.41, 5.74) is 6.90. The standard InChI is InChI=1S/C29H30N2O3/c1-6-16-34-25-13-8-7-12-24(25)31-28(32)26(22-15-14-18(2)20(4)17-22)27(29(31)33)30-23-11-9-10-19(3)21(23)5/h7-15,17,30H,6,16H2,1-5H3. The highest BCUT2D eigenvalue weighted by molar-refractivity contribution is 6.46. The summed E-state index contributed by atoms with van der Waals surface area (Å²) in [7, 11) is 0. The van der Waals surface area contributed by atoms with E-state index in [1.807, 2.05) is 77.1 Å². The van der Waals surface area contributed by atoms with Crippen molar-refractivity contribution in [3.8, 4) is 5.75 Å². The second-order valence-corrected chi connectivity index (χ2v) is 8.68. The average molecular weight is 455 g/mol. The number of nitrogens with zero attached hydrogens (tertiary/aromatic N) is 1. The van der Waals surface area contributed by atoms with Crippen LogP contribution in [0.2, 0.25) is 0 Å². The van der Waals surface area contributed by atoms with Crippen LogP contribution in [0.1, 0.15) is 41.2 Å². The molecule has 5 nitrogen and oxygen atoms in total. The fraction of sp³-hybridized carbons (Fsp3) is 0.241. The minimum Gasteiger partial charge on any atom is -0.491 e. The van der Waals surface area contributed by atoms with E-state index in [2.05, 4.69) is 5.32 Å². The fourth-order valence-corrected chi connectivity index (χ4v) is 4.03. The third-order valence-electron chi connectivity index (χ3n) is 6.31. The highest BCUT2D eigenvalue weighted by Crippen LogP contribution is 2.38. The zero-order valence-electron chi connectivity index (χ0n) is 20.4. The lowest BCUT2D eigenvalue weighted by Gasteiger charge is -2.19. The van der Waals surface area contributed by atoms with Gasteiger partial charge in [-0.3, -0.25) is 9.59 Å². The van der Waals surface area contributed by atoms with Gasteiger partial charge in [0.25, 0.3) is 11.8 Å². The maximum Gasteiger partial charge on any atom is 0.282 e. The molecule has 4 rings (SSSR count). The van der Waals surface area contributed by atoms with Crippen LogP contribution >= 0.6 is 0 Å². The second-order valence-electron chi connectivity index (χ2n) is 8.68. The first-order valence-corrected chi connectivity index (χ1v) is 11.6. The Morgan fingerprint density at radius 3 is 2.32 bits per heavy atom. The second kappa shape index (κ2) is 9.56. The molecule has 0 fully saturated rings. The smallest absolute Gasteiger partial charge is 0.282 e. The lowest BCUT2D eigenvalue weighted by molar-refractivity contribution is -0.120. The molecule has 0 saturated heterocycles. The number of carbonyl (C=O) groups excluding carboxylic acids is 2. The highest BCUT2D eigenvalue weighted by atomic mass is 16.5. The van der Waals surface area contributed by atoms with Gasteiger partial charge in [-0.05, 0) is 80.1 Å². The third-order valence-corrected chi connectivity index (χ3v) is 6.31. The van der Waals surface area contributed by atoms with Crippen molar-refractivity contribution < 1.29 is 14.3 Å². The van der Waals surface area contributed by atoms with Crippen LogP contribution in [0, 0.1) is 27.7 Å². The zero-order chi connectivity index (χ0) is 24.4. The number of imide groups is 1. The lowest BCUT2D eigenvalue weighted by atomic mass is 9.99. The summed E-state index contributed by atoms with van der Waals surface area (Å²) in [6.07, 6.45) is 0.821. The Morgan fingerprint density at radius 1 is 0.824 bits per heavy atom. The SMILES string of the molecule is CCCOc1ccccc1N1C(=O)C(Nc2cccc(C)c2C)=C(c2ccc(C)c(C)c2)C1=O. The quantitative estimate of drug-likeness (QED) is 0.438. The van der Waals surface area contributed by atoms with Crippen LogP contribution in [-0.4, -0.2) is 18.4 Å². The van der Waals surface area contributed by atoms with E-state index in [0.29, 0.717) is 29.2 Å². The Bertz CT molecular complexity index is 1310. The molecule has 3 aromatic carbocycles. The largest absolute Gasteiger partial charge is 0.491 e. The summed E-state index contributed by atoms with van der Waals surface area (Å²) >= 11 is 0. The van der Waals surface area contributed by atoms with Gasteiger partial charge in [0.1, 0.15) is 11.4 Å². The van der Waals surface area contributed by atoms with E-state index in [9.17, 15) is 9.59 Å². The van der Waals surface area contributed by atoms with Crippen molar-refractivity contribution in [3.05, 3.63) is 94.2 Å². The number of para-hydroxylation sites is 2. The Balaban J connectivity index is 1.86. The molecule has 0 atom stereocenters. The van der Waals surface area contributed by atoms with Gasteiger partial charge < -0.3 is 10.1 Å². The van der Waals surface area contributed by atoms with Crippen molar-refractivity contribution in [2.75, 3.05) is 16.8 Å². The first-order valence-electron chi connectivity index (χ1n) is 11.6. The van der Waals surface area contributed by atoms with Gasteiger partial charge in [-0.15, -0.1) is 0 Å². The van der Waals surface area contributed by atoms with Crippen LogP contribution in [0.5, 0.6) is 5.75 Å². The molecule has 34 heavy (non-hydrogen) atoms. The molecule has 0 aliphatic carbocycles. The molecular weight excluding hydrogens is 424 g/mol. The molecule has 0 unspecified atom stereocenters. The van der Waals surface area contributed by atoms with Gasteiger partial charge in [-0.1, -0.05) is 49.4 Å². The highest BCUT2D eigenvalue weighted by Gasteiger charge is 2.41. The van der Waals surface area contributed by atoms with Crippen molar-refractivity contribution in [3.63, 3.8) is 0 Å². The number of anilines is 2. The van der Waals surface area contributed by atoms with Crippen LogP contribution < -0.4 is 15.0 Å². The van der Waals surface area contributed by atoms with Crippen molar-refractivity contribution in [1.29, 1.82) is 0 Å². The van der Waals surface area contributed by atoms with E-state index in [-0.39, 0.29) is 11.6 Å². The van der Waals surface area contributed by atoms with Crippen LogP contribution in [-0.2, 0) is 9.59 Å². The number of benzene rings is 3. The van der Waals surface area contributed by atoms with Crippen LogP contribution in [0.3, 0.4) is 0 Å². The topological polar surface area (TPSA) is 58.6 Å². The summed E-state index contributed by atoms with van der Waals surface area (Å²) in [4.78, 5) is 28.9. The summed E-state index contributed by atoms with van der Waals surface area (Å²) in [5.74, 6) is -0.251. The number of hydrogen-bond donors (Lipinski definition) is 1. The Morgan fingerprint density at radius 2 is 1.59 bits per heavy atom. The Hall–Kier alpha value is -3.86. The van der Waals surface area contributed by atoms with Gasteiger partial charge in [0.05, 0.1) is 17.9 Å². The molecule has 1 N–H and O–H groups in total. The number of rotatable bonds is 7. The fourth-order valence-electron chi connectivity index (χ4n) is 4.03. The van der Waals surface area contributed by atoms with E-state index >= 15 is 0 Å². The monoisotopic (exact) mass is 454 g/mol. The molecule has 5 heteroatoms. The molecule has 0 aromatic heterocycles. The van der Waals surface area contributed by atoms with Crippen LogP contribution in [0.15, 0.2) is 66.4 Å². The number of ether oxygens (including phenoxy) is 1. The molecule has 2 amide bonds. The molecule has 0 radical (unpaired) electrons. The van der Waals surface area contributed by atoms with Gasteiger partial charge in [0, 0.05) is 5.69 Å². The molecule has 1 aliphatic rings. The van der Waals surface area contributed by atoms with Crippen molar-refractivity contribution >= 4 is 28.8 Å². The van der Waals surface area contributed by atoms with E-state index in [1.165, 1.54) is 4.90 Å². The predicted molar refractivity (Wildman–Crippen MR) is 137 cm³/mol. The Kier molecular flexibility index (Phi) is 6.55. The van der Waals surface area contributed by atoms with E-state index in [0.717, 1.165) is 34.4 Å². The van der Waals surface area contributed by atoms with Crippen molar-refractivity contribution in [1.82, 2.24) is 0 Å². The molecule has 0 spiro atoms. The minimum absolute atomic E-state index is 0.271. The number of amides is 2. The van der Waals surface area contributed by atoms with Gasteiger partial charge in [-0.25, -0.2) is 4.90 Å². The predicted octanol–water partition coefficient (Wildman–Crippen LogP) is 6.11. The lowest BCUT2D eigenvalue weighted by Crippen LogP contribution is -2.32.